The van der Waals surface area contributed by atoms with Gasteiger partial charge in [-0.05, 0) is 19.3 Å². The van der Waals surface area contributed by atoms with Gasteiger partial charge in [-0.25, -0.2) is 4.79 Å². The van der Waals surface area contributed by atoms with Crippen LogP contribution in [0.5, 0.6) is 0 Å². The molecule has 0 aromatic carbocycles. The van der Waals surface area contributed by atoms with Crippen molar-refractivity contribution in [2.75, 3.05) is 39.6 Å². The summed E-state index contributed by atoms with van der Waals surface area (Å²) in [6.45, 7) is 9.19. The average Bonchev–Trinajstić information content (AvgIpc) is 2.53. The van der Waals surface area contributed by atoms with Crippen molar-refractivity contribution in [1.82, 2.24) is 0 Å². The van der Waals surface area contributed by atoms with Crippen LogP contribution in [0, 0.1) is 0 Å². The third-order valence-electron chi connectivity index (χ3n) is 3.11. The zero-order valence-electron chi connectivity index (χ0n) is 14.6. The minimum Gasteiger partial charge on any atom is -0.461 e. The van der Waals surface area contributed by atoms with E-state index in [9.17, 15) is 4.79 Å². The van der Waals surface area contributed by atoms with Crippen LogP contribution in [0.25, 0.3) is 0 Å². The van der Waals surface area contributed by atoms with E-state index in [-0.39, 0.29) is 19.2 Å². The molecule has 22 heavy (non-hydrogen) atoms. The molecule has 0 fully saturated rings. The summed E-state index contributed by atoms with van der Waals surface area (Å²) in [6, 6.07) is 0. The Labute approximate surface area is 135 Å². The minimum absolute atomic E-state index is 0.263. The van der Waals surface area contributed by atoms with Gasteiger partial charge in [0.2, 0.25) is 0 Å². The first-order valence-electron chi connectivity index (χ1n) is 8.69. The van der Waals surface area contributed by atoms with Crippen molar-refractivity contribution >= 4 is 5.97 Å². The Morgan fingerprint density at radius 2 is 1.36 bits per heavy atom. The molecule has 1 atom stereocenters. The van der Waals surface area contributed by atoms with Gasteiger partial charge in [0.1, 0.15) is 6.61 Å². The van der Waals surface area contributed by atoms with Crippen molar-refractivity contribution in [2.24, 2.45) is 0 Å². The lowest BCUT2D eigenvalue weighted by Crippen LogP contribution is -2.32. The Balaban J connectivity index is 3.90. The fraction of sp³-hybridized carbons (Fsp3) is 0.941. The van der Waals surface area contributed by atoms with E-state index in [0.717, 1.165) is 38.5 Å². The van der Waals surface area contributed by atoms with E-state index in [0.29, 0.717) is 26.4 Å². The largest absolute Gasteiger partial charge is 0.461 e. The first kappa shape index (κ1) is 21.4. The quantitative estimate of drug-likeness (QED) is 0.323. The molecule has 0 aliphatic heterocycles. The zero-order valence-corrected chi connectivity index (χ0v) is 14.6. The molecule has 5 nitrogen and oxygen atoms in total. The van der Waals surface area contributed by atoms with E-state index in [1.54, 1.807) is 0 Å². The predicted octanol–water partition coefficient (Wildman–Crippen LogP) is 3.35. The molecule has 0 saturated heterocycles. The van der Waals surface area contributed by atoms with Crippen molar-refractivity contribution in [3.63, 3.8) is 0 Å². The highest BCUT2D eigenvalue weighted by Crippen LogP contribution is 2.02. The third-order valence-corrected chi connectivity index (χ3v) is 3.11. The molecule has 0 aromatic heterocycles. The smallest absolute Gasteiger partial charge is 0.337 e. The van der Waals surface area contributed by atoms with E-state index >= 15 is 0 Å². The van der Waals surface area contributed by atoms with Crippen molar-refractivity contribution < 1.29 is 23.7 Å². The summed E-state index contributed by atoms with van der Waals surface area (Å²) in [5, 5.41) is 0. The van der Waals surface area contributed by atoms with Crippen LogP contribution in [0.15, 0.2) is 0 Å². The van der Waals surface area contributed by atoms with Crippen molar-refractivity contribution in [3.05, 3.63) is 0 Å². The summed E-state index contributed by atoms with van der Waals surface area (Å²) in [5.41, 5.74) is 0. The van der Waals surface area contributed by atoms with Gasteiger partial charge in [-0.3, -0.25) is 0 Å². The Morgan fingerprint density at radius 3 is 2.00 bits per heavy atom. The fourth-order valence-electron chi connectivity index (χ4n) is 1.63. The Bertz CT molecular complexity index is 245. The maximum Gasteiger partial charge on any atom is 0.337 e. The lowest BCUT2D eigenvalue weighted by Gasteiger charge is -2.17. The van der Waals surface area contributed by atoms with Crippen molar-refractivity contribution in [3.8, 4) is 0 Å². The lowest BCUT2D eigenvalue weighted by molar-refractivity contribution is -0.163. The fourth-order valence-corrected chi connectivity index (χ4v) is 1.63. The molecule has 0 rings (SSSR count). The maximum atomic E-state index is 12.0. The number of rotatable bonds is 16. The SMILES string of the molecule is CCCCOCCOC(=O)[C@H](COCCCC)OCCCC. The summed E-state index contributed by atoms with van der Waals surface area (Å²) < 4.78 is 21.6. The van der Waals surface area contributed by atoms with Gasteiger partial charge >= 0.3 is 5.97 Å². The molecule has 0 unspecified atom stereocenters. The normalized spacial score (nSPS) is 12.3. The molecule has 0 aliphatic rings. The molecule has 0 bridgehead atoms. The highest BCUT2D eigenvalue weighted by molar-refractivity contribution is 5.74. The van der Waals surface area contributed by atoms with E-state index in [1.807, 2.05) is 0 Å². The number of carbonyl (C=O) groups excluding carboxylic acids is 1. The van der Waals surface area contributed by atoms with Crippen LogP contribution >= 0.6 is 0 Å². The number of esters is 1. The van der Waals surface area contributed by atoms with Gasteiger partial charge in [-0.15, -0.1) is 0 Å². The molecule has 0 aliphatic carbocycles. The molecular weight excluding hydrogens is 284 g/mol. The highest BCUT2D eigenvalue weighted by atomic mass is 16.6. The van der Waals surface area contributed by atoms with Crippen molar-refractivity contribution in [2.45, 2.75) is 65.4 Å². The zero-order chi connectivity index (χ0) is 16.5. The lowest BCUT2D eigenvalue weighted by atomic mass is 10.3. The number of unbranched alkanes of at least 4 members (excludes halogenated alkanes) is 3. The molecule has 0 heterocycles. The standard InChI is InChI=1S/C17H34O5/c1-4-7-10-19-13-14-22-17(18)16(21-12-9-6-3)15-20-11-8-5-2/h16H,4-15H2,1-3H3/t16-/m0/s1. The molecule has 0 amide bonds. The van der Waals surface area contributed by atoms with Crippen LogP contribution in [0.2, 0.25) is 0 Å². The first-order valence-corrected chi connectivity index (χ1v) is 8.69. The van der Waals surface area contributed by atoms with Gasteiger partial charge in [-0.1, -0.05) is 40.0 Å². The molecule has 0 radical (unpaired) electrons. The molecule has 0 aromatic rings. The van der Waals surface area contributed by atoms with Crippen LogP contribution < -0.4 is 0 Å². The Hall–Kier alpha value is -0.650. The molecule has 0 spiro atoms. The summed E-state index contributed by atoms with van der Waals surface area (Å²) in [4.78, 5) is 12.0. The topological polar surface area (TPSA) is 54.0 Å². The monoisotopic (exact) mass is 318 g/mol. The molecule has 0 saturated carbocycles. The van der Waals surface area contributed by atoms with Crippen LogP contribution in [-0.2, 0) is 23.7 Å². The van der Waals surface area contributed by atoms with Gasteiger partial charge in [0.25, 0.3) is 0 Å². The van der Waals surface area contributed by atoms with Crippen LogP contribution in [-0.4, -0.2) is 51.7 Å². The summed E-state index contributed by atoms with van der Waals surface area (Å²) in [5.74, 6) is -0.355. The van der Waals surface area contributed by atoms with E-state index < -0.39 is 6.10 Å². The molecular formula is C17H34O5. The van der Waals surface area contributed by atoms with Crippen LogP contribution in [0.4, 0.5) is 0 Å². The highest BCUT2D eigenvalue weighted by Gasteiger charge is 2.21. The van der Waals surface area contributed by atoms with Gasteiger partial charge in [0, 0.05) is 19.8 Å². The van der Waals surface area contributed by atoms with Crippen LogP contribution in [0.1, 0.15) is 59.3 Å². The number of hydrogen-bond donors (Lipinski definition) is 0. The van der Waals surface area contributed by atoms with Crippen LogP contribution in [0.3, 0.4) is 0 Å². The molecule has 5 heteroatoms. The minimum atomic E-state index is -0.626. The van der Waals surface area contributed by atoms with Gasteiger partial charge < -0.3 is 18.9 Å². The Kier molecular flexibility index (Phi) is 16.2. The van der Waals surface area contributed by atoms with Gasteiger partial charge in [0.15, 0.2) is 6.10 Å². The molecule has 132 valence electrons. The summed E-state index contributed by atoms with van der Waals surface area (Å²) in [7, 11) is 0. The Morgan fingerprint density at radius 1 is 0.773 bits per heavy atom. The number of carbonyl (C=O) groups is 1. The van der Waals surface area contributed by atoms with Crippen molar-refractivity contribution in [1.29, 1.82) is 0 Å². The van der Waals surface area contributed by atoms with Gasteiger partial charge in [-0.2, -0.15) is 0 Å². The van der Waals surface area contributed by atoms with E-state index in [4.69, 9.17) is 18.9 Å². The number of ether oxygens (including phenoxy) is 4. The predicted molar refractivity (Wildman–Crippen MR) is 87.1 cm³/mol. The second kappa shape index (κ2) is 16.7. The second-order valence-corrected chi connectivity index (χ2v) is 5.27. The second-order valence-electron chi connectivity index (χ2n) is 5.27. The average molecular weight is 318 g/mol. The van der Waals surface area contributed by atoms with E-state index in [2.05, 4.69) is 20.8 Å². The first-order chi connectivity index (χ1) is 10.8. The number of hydrogen-bond acceptors (Lipinski definition) is 5. The van der Waals surface area contributed by atoms with E-state index in [1.165, 1.54) is 0 Å². The summed E-state index contributed by atoms with van der Waals surface area (Å²) >= 11 is 0. The van der Waals surface area contributed by atoms with Gasteiger partial charge in [0.05, 0.1) is 13.2 Å². The maximum absolute atomic E-state index is 12.0. The third kappa shape index (κ3) is 13.0. The molecule has 0 N–H and O–H groups in total. The summed E-state index contributed by atoms with van der Waals surface area (Å²) in [6.07, 6.45) is 5.52.